The van der Waals surface area contributed by atoms with E-state index >= 15 is 0 Å². The second-order valence-corrected chi connectivity index (χ2v) is 8.84. The number of para-hydroxylation sites is 2. The Kier molecular flexibility index (Phi) is 7.43. The summed E-state index contributed by atoms with van der Waals surface area (Å²) >= 11 is 0. The lowest BCUT2D eigenvalue weighted by molar-refractivity contribution is 0.183. The van der Waals surface area contributed by atoms with E-state index in [1.54, 1.807) is 0 Å². The zero-order valence-corrected chi connectivity index (χ0v) is 19.4. The lowest BCUT2D eigenvalue weighted by Gasteiger charge is -2.31. The highest BCUT2D eigenvalue weighted by Crippen LogP contribution is 2.26. The quantitative estimate of drug-likeness (QED) is 0.502. The molecule has 0 aliphatic heterocycles. The van der Waals surface area contributed by atoms with E-state index in [0.29, 0.717) is 12.1 Å². The highest BCUT2D eigenvalue weighted by molar-refractivity contribution is 5.90. The fraction of sp³-hybridized carbons (Fsp3) is 0.462. The van der Waals surface area contributed by atoms with Gasteiger partial charge in [-0.2, -0.15) is 4.98 Å². The van der Waals surface area contributed by atoms with Gasteiger partial charge in [0.25, 0.3) is 0 Å². The fourth-order valence-electron chi connectivity index (χ4n) is 4.35. The van der Waals surface area contributed by atoms with Crippen LogP contribution in [-0.4, -0.2) is 48.8 Å². The third-order valence-corrected chi connectivity index (χ3v) is 6.20. The van der Waals surface area contributed by atoms with Crippen LogP contribution in [0.2, 0.25) is 0 Å². The molecule has 4 rings (SSSR count). The van der Waals surface area contributed by atoms with Crippen molar-refractivity contribution in [3.63, 3.8) is 0 Å². The van der Waals surface area contributed by atoms with Gasteiger partial charge >= 0.3 is 0 Å². The molecule has 1 fully saturated rings. The fourth-order valence-corrected chi connectivity index (χ4v) is 4.35. The van der Waals surface area contributed by atoms with Crippen molar-refractivity contribution >= 4 is 22.7 Å². The van der Waals surface area contributed by atoms with Crippen molar-refractivity contribution < 1.29 is 4.74 Å². The number of rotatable bonds is 9. The molecule has 1 aromatic heterocycles. The maximum atomic E-state index is 6.13. The third-order valence-electron chi connectivity index (χ3n) is 6.20. The Bertz CT molecular complexity index is 986. The first-order valence-electron chi connectivity index (χ1n) is 11.8. The molecular formula is C26H35N5O. The smallest absolute Gasteiger partial charge is 0.225 e. The van der Waals surface area contributed by atoms with E-state index < -0.39 is 0 Å². The van der Waals surface area contributed by atoms with Gasteiger partial charge in [0.05, 0.1) is 5.52 Å². The first-order valence-corrected chi connectivity index (χ1v) is 11.8. The molecule has 1 aliphatic carbocycles. The number of hydrogen-bond acceptors (Lipinski definition) is 6. The maximum absolute atomic E-state index is 6.13. The second kappa shape index (κ2) is 10.6. The molecule has 1 unspecified atom stereocenters. The minimum atomic E-state index is 0.198. The number of anilines is 2. The number of aromatic nitrogens is 2. The summed E-state index contributed by atoms with van der Waals surface area (Å²) < 4.78 is 6.13. The van der Waals surface area contributed by atoms with E-state index in [-0.39, 0.29) is 6.10 Å². The van der Waals surface area contributed by atoms with Gasteiger partial charge in [-0.15, -0.1) is 0 Å². The van der Waals surface area contributed by atoms with Gasteiger partial charge in [0.2, 0.25) is 5.95 Å². The lowest BCUT2D eigenvalue weighted by Crippen LogP contribution is -2.41. The summed E-state index contributed by atoms with van der Waals surface area (Å²) in [6.07, 6.45) is 5.71. The van der Waals surface area contributed by atoms with Gasteiger partial charge in [-0.25, -0.2) is 4.98 Å². The number of nitrogens with zero attached hydrogens (tertiary/aromatic N) is 3. The summed E-state index contributed by atoms with van der Waals surface area (Å²) in [7, 11) is 4.06. The molecule has 6 nitrogen and oxygen atoms in total. The summed E-state index contributed by atoms with van der Waals surface area (Å²) in [5, 5.41) is 8.41. The summed E-state index contributed by atoms with van der Waals surface area (Å²) in [5.41, 5.74) is 0.980. The van der Waals surface area contributed by atoms with Crippen LogP contribution in [0, 0.1) is 0 Å². The highest BCUT2D eigenvalue weighted by atomic mass is 16.5. The summed E-state index contributed by atoms with van der Waals surface area (Å²) in [5.74, 6) is 2.63. The van der Waals surface area contributed by atoms with Crippen molar-refractivity contribution in [1.82, 2.24) is 15.3 Å². The van der Waals surface area contributed by atoms with Crippen molar-refractivity contribution in [3.05, 3.63) is 54.6 Å². The van der Waals surface area contributed by atoms with E-state index in [0.717, 1.165) is 67.1 Å². The van der Waals surface area contributed by atoms with E-state index in [2.05, 4.69) is 34.6 Å². The molecule has 170 valence electrons. The minimum absolute atomic E-state index is 0.198. The van der Waals surface area contributed by atoms with Crippen molar-refractivity contribution in [1.29, 1.82) is 0 Å². The minimum Gasteiger partial charge on any atom is -0.489 e. The molecule has 0 spiro atoms. The Morgan fingerprint density at radius 1 is 0.938 bits per heavy atom. The first kappa shape index (κ1) is 22.3. The molecule has 1 saturated carbocycles. The largest absolute Gasteiger partial charge is 0.489 e. The number of fused-ring (bicyclic) bond motifs is 1. The number of nitrogens with one attached hydrogen (secondary N) is 2. The van der Waals surface area contributed by atoms with Crippen molar-refractivity contribution in [2.45, 2.75) is 57.2 Å². The molecule has 6 heteroatoms. The van der Waals surface area contributed by atoms with Crippen molar-refractivity contribution in [2.75, 3.05) is 30.9 Å². The SMILES string of the molecule is CCC(CNC1CCC(Nc2nc(N(C)C)c3ccccc3n2)CC1)Oc1ccccc1. The molecule has 0 bridgehead atoms. The maximum Gasteiger partial charge on any atom is 0.225 e. The summed E-state index contributed by atoms with van der Waals surface area (Å²) in [6, 6.07) is 19.2. The van der Waals surface area contributed by atoms with Crippen LogP contribution in [0.4, 0.5) is 11.8 Å². The van der Waals surface area contributed by atoms with Crippen LogP contribution < -0.4 is 20.3 Å². The Labute approximate surface area is 191 Å². The third kappa shape index (κ3) is 5.68. The monoisotopic (exact) mass is 433 g/mol. The van der Waals surface area contributed by atoms with Crippen LogP contribution >= 0.6 is 0 Å². The summed E-state index contributed by atoms with van der Waals surface area (Å²) in [4.78, 5) is 11.6. The van der Waals surface area contributed by atoms with Crippen LogP contribution in [0.1, 0.15) is 39.0 Å². The average Bonchev–Trinajstić information content (AvgIpc) is 2.82. The van der Waals surface area contributed by atoms with Gasteiger partial charge in [0, 0.05) is 38.1 Å². The van der Waals surface area contributed by atoms with Crippen LogP contribution in [0.15, 0.2) is 54.6 Å². The van der Waals surface area contributed by atoms with Crippen molar-refractivity contribution in [3.8, 4) is 5.75 Å². The molecule has 2 N–H and O–H groups in total. The number of benzene rings is 2. The Hall–Kier alpha value is -2.86. The Morgan fingerprint density at radius 3 is 2.34 bits per heavy atom. The molecule has 32 heavy (non-hydrogen) atoms. The van der Waals surface area contributed by atoms with Gasteiger partial charge in [0.15, 0.2) is 0 Å². The molecule has 0 saturated heterocycles. The molecule has 1 heterocycles. The molecule has 0 radical (unpaired) electrons. The van der Waals surface area contributed by atoms with Crippen molar-refractivity contribution in [2.24, 2.45) is 0 Å². The normalized spacial score (nSPS) is 19.5. The van der Waals surface area contributed by atoms with Crippen LogP contribution in [0.3, 0.4) is 0 Å². The van der Waals surface area contributed by atoms with Crippen LogP contribution in [-0.2, 0) is 0 Å². The van der Waals surface area contributed by atoms with Gasteiger partial charge in [0.1, 0.15) is 17.7 Å². The molecule has 1 atom stereocenters. The molecule has 0 amide bonds. The van der Waals surface area contributed by atoms with Gasteiger partial charge in [-0.05, 0) is 56.4 Å². The predicted molar refractivity (Wildman–Crippen MR) is 133 cm³/mol. The molecule has 2 aromatic carbocycles. The Balaban J connectivity index is 1.28. The highest BCUT2D eigenvalue weighted by Gasteiger charge is 2.23. The second-order valence-electron chi connectivity index (χ2n) is 8.84. The topological polar surface area (TPSA) is 62.3 Å². The van der Waals surface area contributed by atoms with Gasteiger partial charge in [-0.3, -0.25) is 0 Å². The van der Waals surface area contributed by atoms with Crippen LogP contribution in [0.5, 0.6) is 5.75 Å². The van der Waals surface area contributed by atoms with E-state index in [9.17, 15) is 0 Å². The number of hydrogen-bond donors (Lipinski definition) is 2. The summed E-state index contributed by atoms with van der Waals surface area (Å²) in [6.45, 7) is 3.07. The zero-order chi connectivity index (χ0) is 22.3. The standard InChI is InChI=1S/C26H35N5O/c1-4-21(32-22-10-6-5-7-11-22)18-27-19-14-16-20(17-15-19)28-26-29-24-13-9-8-12-23(24)25(30-26)31(2)3/h5-13,19-21,27H,4,14-18H2,1-3H3,(H,28,29,30). The molecule has 3 aromatic rings. The van der Waals surface area contributed by atoms with Gasteiger partial charge in [-0.1, -0.05) is 37.3 Å². The zero-order valence-electron chi connectivity index (χ0n) is 19.4. The van der Waals surface area contributed by atoms with Gasteiger partial charge < -0.3 is 20.3 Å². The van der Waals surface area contributed by atoms with E-state index in [1.807, 2.05) is 56.6 Å². The molecule has 1 aliphatic rings. The Morgan fingerprint density at radius 2 is 1.62 bits per heavy atom. The lowest BCUT2D eigenvalue weighted by atomic mass is 9.91. The molecular weight excluding hydrogens is 398 g/mol. The number of ether oxygens (including phenoxy) is 1. The van der Waals surface area contributed by atoms with Crippen LogP contribution in [0.25, 0.3) is 10.9 Å². The first-order chi connectivity index (χ1) is 15.6. The van der Waals surface area contributed by atoms with E-state index in [1.165, 1.54) is 0 Å². The van der Waals surface area contributed by atoms with E-state index in [4.69, 9.17) is 14.7 Å². The predicted octanol–water partition coefficient (Wildman–Crippen LogP) is 4.87. The average molecular weight is 434 g/mol.